The Hall–Kier alpha value is -2.34. The normalized spacial score (nSPS) is 12.2. The van der Waals surface area contributed by atoms with Crippen LogP contribution in [0.25, 0.3) is 5.69 Å². The maximum Gasteiger partial charge on any atom is 0.275 e. The zero-order chi connectivity index (χ0) is 17.5. The van der Waals surface area contributed by atoms with Crippen molar-refractivity contribution < 1.29 is 9.53 Å². The third kappa shape index (κ3) is 4.83. The molecule has 2 N–H and O–H groups in total. The van der Waals surface area contributed by atoms with Gasteiger partial charge in [0.05, 0.1) is 18.5 Å². The number of hydrogen-bond donors (Lipinski definition) is 2. The summed E-state index contributed by atoms with van der Waals surface area (Å²) < 4.78 is 7.47. The SMILES string of the molecule is CNC(C)CNC(=O)c1nn(-c2ccccc2)cc1OCC(C)C. The number of nitrogens with zero attached hydrogens (tertiary/aromatic N) is 2. The van der Waals surface area contributed by atoms with E-state index in [1.54, 1.807) is 10.9 Å². The second-order valence-electron chi connectivity index (χ2n) is 6.23. The first-order valence-corrected chi connectivity index (χ1v) is 8.24. The predicted octanol–water partition coefficient (Wildman–Crippen LogP) is 2.24. The van der Waals surface area contributed by atoms with Gasteiger partial charge in [0.2, 0.25) is 0 Å². The van der Waals surface area contributed by atoms with Gasteiger partial charge in [0.1, 0.15) is 0 Å². The molecular formula is C18H26N4O2. The molecular weight excluding hydrogens is 304 g/mol. The molecule has 1 aromatic carbocycles. The number of hydrogen-bond acceptors (Lipinski definition) is 4. The van der Waals surface area contributed by atoms with Crippen molar-refractivity contribution >= 4 is 5.91 Å². The molecule has 0 saturated carbocycles. The number of aromatic nitrogens is 2. The van der Waals surface area contributed by atoms with Crippen molar-refractivity contribution in [3.63, 3.8) is 0 Å². The zero-order valence-corrected chi connectivity index (χ0v) is 14.7. The van der Waals surface area contributed by atoms with Crippen LogP contribution in [0.2, 0.25) is 0 Å². The summed E-state index contributed by atoms with van der Waals surface area (Å²) in [4.78, 5) is 12.5. The van der Waals surface area contributed by atoms with Gasteiger partial charge in [0.25, 0.3) is 5.91 Å². The second-order valence-corrected chi connectivity index (χ2v) is 6.23. The van der Waals surface area contributed by atoms with Gasteiger partial charge in [-0.3, -0.25) is 4.79 Å². The smallest absolute Gasteiger partial charge is 0.275 e. The summed E-state index contributed by atoms with van der Waals surface area (Å²) in [6.45, 7) is 7.19. The molecule has 0 aliphatic rings. The summed E-state index contributed by atoms with van der Waals surface area (Å²) in [5, 5.41) is 10.4. The number of rotatable bonds is 8. The molecule has 1 heterocycles. The number of likely N-dealkylation sites (N-methyl/N-ethyl adjacent to an activating group) is 1. The Labute approximate surface area is 143 Å². The second kappa shape index (κ2) is 8.49. The third-order valence-electron chi connectivity index (χ3n) is 3.55. The molecule has 0 radical (unpaired) electrons. The molecule has 24 heavy (non-hydrogen) atoms. The monoisotopic (exact) mass is 330 g/mol. The molecule has 0 saturated heterocycles. The molecule has 130 valence electrons. The Morgan fingerprint density at radius 3 is 2.58 bits per heavy atom. The predicted molar refractivity (Wildman–Crippen MR) is 94.8 cm³/mol. The highest BCUT2D eigenvalue weighted by Gasteiger charge is 2.19. The highest BCUT2D eigenvalue weighted by Crippen LogP contribution is 2.20. The molecule has 0 aliphatic heterocycles. The Kier molecular flexibility index (Phi) is 6.37. The van der Waals surface area contributed by atoms with E-state index in [0.717, 1.165) is 5.69 Å². The lowest BCUT2D eigenvalue weighted by Crippen LogP contribution is -2.37. The van der Waals surface area contributed by atoms with E-state index in [1.807, 2.05) is 44.3 Å². The van der Waals surface area contributed by atoms with Gasteiger partial charge in [0, 0.05) is 12.6 Å². The fourth-order valence-electron chi connectivity index (χ4n) is 2.02. The van der Waals surface area contributed by atoms with Crippen LogP contribution in [0.4, 0.5) is 0 Å². The van der Waals surface area contributed by atoms with E-state index < -0.39 is 0 Å². The molecule has 2 aromatic rings. The van der Waals surface area contributed by atoms with Gasteiger partial charge in [-0.05, 0) is 32.0 Å². The minimum Gasteiger partial charge on any atom is -0.489 e. The molecule has 0 fully saturated rings. The molecule has 0 spiro atoms. The standard InChI is InChI=1S/C18H26N4O2/c1-13(2)12-24-16-11-22(15-8-6-5-7-9-15)21-17(16)18(23)20-10-14(3)19-4/h5-9,11,13-14,19H,10,12H2,1-4H3,(H,20,23). The number of carbonyl (C=O) groups is 1. The van der Waals surface area contributed by atoms with Crippen molar-refractivity contribution in [2.75, 3.05) is 20.2 Å². The molecule has 2 rings (SSSR count). The van der Waals surface area contributed by atoms with Crippen molar-refractivity contribution in [3.05, 3.63) is 42.2 Å². The summed E-state index contributed by atoms with van der Waals surface area (Å²) in [6, 6.07) is 9.86. The Morgan fingerprint density at radius 2 is 1.96 bits per heavy atom. The quantitative estimate of drug-likeness (QED) is 0.779. The Morgan fingerprint density at radius 1 is 1.25 bits per heavy atom. The van der Waals surface area contributed by atoms with Crippen molar-refractivity contribution in [2.24, 2.45) is 5.92 Å². The van der Waals surface area contributed by atoms with Crippen LogP contribution in [0.15, 0.2) is 36.5 Å². The van der Waals surface area contributed by atoms with Gasteiger partial charge in [-0.2, -0.15) is 5.10 Å². The van der Waals surface area contributed by atoms with E-state index in [0.29, 0.717) is 30.5 Å². The van der Waals surface area contributed by atoms with Gasteiger partial charge < -0.3 is 15.4 Å². The molecule has 6 nitrogen and oxygen atoms in total. The first-order valence-electron chi connectivity index (χ1n) is 8.24. The summed E-state index contributed by atoms with van der Waals surface area (Å²) in [5.74, 6) is 0.637. The summed E-state index contributed by atoms with van der Waals surface area (Å²) in [7, 11) is 1.86. The van der Waals surface area contributed by atoms with Crippen LogP contribution in [-0.2, 0) is 0 Å². The summed E-state index contributed by atoms with van der Waals surface area (Å²) in [5.41, 5.74) is 1.19. The average molecular weight is 330 g/mol. The number of ether oxygens (including phenoxy) is 1. The lowest BCUT2D eigenvalue weighted by atomic mass is 10.2. The maximum absolute atomic E-state index is 12.5. The van der Waals surface area contributed by atoms with Gasteiger partial charge in [-0.1, -0.05) is 32.0 Å². The van der Waals surface area contributed by atoms with Crippen LogP contribution in [0.1, 0.15) is 31.3 Å². The van der Waals surface area contributed by atoms with Crippen molar-refractivity contribution in [2.45, 2.75) is 26.8 Å². The molecule has 1 aromatic heterocycles. The van der Waals surface area contributed by atoms with Gasteiger partial charge >= 0.3 is 0 Å². The fraction of sp³-hybridized carbons (Fsp3) is 0.444. The lowest BCUT2D eigenvalue weighted by Gasteiger charge is -2.11. The van der Waals surface area contributed by atoms with E-state index in [9.17, 15) is 4.79 Å². The van der Waals surface area contributed by atoms with E-state index >= 15 is 0 Å². The minimum absolute atomic E-state index is 0.185. The molecule has 0 bridgehead atoms. The largest absolute Gasteiger partial charge is 0.489 e. The molecule has 1 unspecified atom stereocenters. The number of amides is 1. The van der Waals surface area contributed by atoms with Crippen molar-refractivity contribution in [3.8, 4) is 11.4 Å². The topological polar surface area (TPSA) is 68.2 Å². The maximum atomic E-state index is 12.5. The van der Waals surface area contributed by atoms with Gasteiger partial charge in [0.15, 0.2) is 11.4 Å². The lowest BCUT2D eigenvalue weighted by molar-refractivity contribution is 0.0940. The van der Waals surface area contributed by atoms with E-state index in [1.165, 1.54) is 0 Å². The molecule has 1 amide bonds. The van der Waals surface area contributed by atoms with Gasteiger partial charge in [-0.15, -0.1) is 0 Å². The molecule has 1 atom stereocenters. The molecule has 0 aliphatic carbocycles. The van der Waals surface area contributed by atoms with E-state index in [-0.39, 0.29) is 11.9 Å². The van der Waals surface area contributed by atoms with Crippen molar-refractivity contribution in [1.29, 1.82) is 0 Å². The first-order chi connectivity index (χ1) is 11.5. The van der Waals surface area contributed by atoms with Crippen LogP contribution in [0, 0.1) is 5.92 Å². The van der Waals surface area contributed by atoms with E-state index in [2.05, 4.69) is 29.6 Å². The Bertz CT molecular complexity index is 652. The highest BCUT2D eigenvalue weighted by molar-refractivity contribution is 5.95. The zero-order valence-electron chi connectivity index (χ0n) is 14.7. The fourth-order valence-corrected chi connectivity index (χ4v) is 2.02. The number of carbonyl (C=O) groups excluding carboxylic acids is 1. The third-order valence-corrected chi connectivity index (χ3v) is 3.55. The van der Waals surface area contributed by atoms with Crippen LogP contribution in [0.3, 0.4) is 0 Å². The van der Waals surface area contributed by atoms with Crippen LogP contribution in [-0.4, -0.2) is 41.9 Å². The van der Waals surface area contributed by atoms with Crippen molar-refractivity contribution in [1.82, 2.24) is 20.4 Å². The van der Waals surface area contributed by atoms with Crippen LogP contribution < -0.4 is 15.4 Å². The first kappa shape index (κ1) is 18.0. The average Bonchev–Trinajstić information content (AvgIpc) is 3.02. The summed E-state index contributed by atoms with van der Waals surface area (Å²) >= 11 is 0. The van der Waals surface area contributed by atoms with Crippen LogP contribution in [0.5, 0.6) is 5.75 Å². The van der Waals surface area contributed by atoms with Gasteiger partial charge in [-0.25, -0.2) is 4.68 Å². The van der Waals surface area contributed by atoms with E-state index in [4.69, 9.17) is 4.74 Å². The summed E-state index contributed by atoms with van der Waals surface area (Å²) in [6.07, 6.45) is 1.76. The number of benzene rings is 1. The Balaban J connectivity index is 2.23. The minimum atomic E-state index is -0.231. The molecule has 6 heteroatoms. The number of para-hydroxylation sites is 1. The highest BCUT2D eigenvalue weighted by atomic mass is 16.5. The van der Waals surface area contributed by atoms with Crippen LogP contribution >= 0.6 is 0 Å². The number of nitrogens with one attached hydrogen (secondary N) is 2.